The Labute approximate surface area is 178 Å². The Morgan fingerprint density at radius 2 is 2.00 bits per heavy atom. The molecule has 0 radical (unpaired) electrons. The Morgan fingerprint density at radius 3 is 2.66 bits per heavy atom. The van der Waals surface area contributed by atoms with E-state index in [1.807, 2.05) is 6.07 Å². The van der Waals surface area contributed by atoms with E-state index in [4.69, 9.17) is 22.1 Å². The van der Waals surface area contributed by atoms with Crippen LogP contribution in [0.4, 0.5) is 16.6 Å². The smallest absolute Gasteiger partial charge is 0.320 e. The van der Waals surface area contributed by atoms with E-state index in [1.54, 1.807) is 7.11 Å². The number of nitrogen functional groups attached to an aromatic ring is 1. The van der Waals surface area contributed by atoms with Crippen molar-refractivity contribution in [1.29, 1.82) is 5.26 Å². The number of aliphatic hydroxyl groups is 1. The minimum Gasteiger partial charge on any atom is -0.467 e. The molecule has 2 fully saturated rings. The minimum atomic E-state index is -0.347. The van der Waals surface area contributed by atoms with E-state index in [0.29, 0.717) is 34.0 Å². The first-order valence-corrected chi connectivity index (χ1v) is 10.8. The zero-order valence-corrected chi connectivity index (χ0v) is 17.7. The third kappa shape index (κ3) is 3.92. The van der Waals surface area contributed by atoms with Crippen molar-refractivity contribution in [3.8, 4) is 12.1 Å². The number of nitrogens with two attached hydrogens (primary N) is 1. The molecule has 0 aliphatic carbocycles. The van der Waals surface area contributed by atoms with E-state index in [9.17, 15) is 10.4 Å². The Hall–Kier alpha value is -2.28. The van der Waals surface area contributed by atoms with E-state index in [1.165, 1.54) is 11.3 Å². The molecule has 3 N–H and O–H groups in total. The van der Waals surface area contributed by atoms with Crippen LogP contribution in [0.3, 0.4) is 0 Å². The minimum absolute atomic E-state index is 0.118. The first-order chi connectivity index (χ1) is 14.0. The van der Waals surface area contributed by atoms with Gasteiger partial charge in [-0.15, -0.1) is 11.3 Å². The number of halogens is 1. The maximum absolute atomic E-state index is 10.0. The normalized spacial score (nSPS) is 22.0. The number of nitriles is 1. The summed E-state index contributed by atoms with van der Waals surface area (Å²) in [5.74, 6) is 1.64. The van der Waals surface area contributed by atoms with E-state index in [0.717, 1.165) is 49.6 Å². The maximum atomic E-state index is 10.0. The molecule has 0 saturated carbocycles. The second-order valence-corrected chi connectivity index (χ2v) is 9.04. The molecule has 0 amide bonds. The van der Waals surface area contributed by atoms with Crippen molar-refractivity contribution in [3.63, 3.8) is 0 Å². The molecular weight excluding hydrogens is 412 g/mol. The van der Waals surface area contributed by atoms with Gasteiger partial charge in [-0.1, -0.05) is 11.6 Å². The summed E-state index contributed by atoms with van der Waals surface area (Å²) in [6.45, 7) is 2.86. The van der Waals surface area contributed by atoms with E-state index >= 15 is 0 Å². The fourth-order valence-corrected chi connectivity index (χ4v) is 5.42. The molecule has 0 aromatic carbocycles. The summed E-state index contributed by atoms with van der Waals surface area (Å²) in [6, 6.07) is 4.44. The summed E-state index contributed by atoms with van der Waals surface area (Å²) in [4.78, 5) is 13.2. The van der Waals surface area contributed by atoms with Gasteiger partial charge in [-0.3, -0.25) is 0 Å². The topological polar surface area (TPSA) is 112 Å². The Morgan fingerprint density at radius 1 is 1.28 bits per heavy atom. The monoisotopic (exact) mass is 434 g/mol. The number of β-amino-alcohol motifs (C(OH)–C–C–N with tert-alkyl or cyclic N) is 1. The van der Waals surface area contributed by atoms with Gasteiger partial charge in [0.15, 0.2) is 0 Å². The molecule has 29 heavy (non-hydrogen) atoms. The fraction of sp³-hybridized carbons (Fsp3) is 0.526. The molecule has 2 saturated heterocycles. The van der Waals surface area contributed by atoms with Crippen LogP contribution in [0.1, 0.15) is 36.3 Å². The van der Waals surface area contributed by atoms with Gasteiger partial charge in [-0.2, -0.15) is 15.2 Å². The van der Waals surface area contributed by atoms with Gasteiger partial charge in [0.05, 0.1) is 23.1 Å². The highest BCUT2D eigenvalue weighted by molar-refractivity contribution is 7.20. The lowest BCUT2D eigenvalue weighted by Gasteiger charge is -2.31. The van der Waals surface area contributed by atoms with Gasteiger partial charge >= 0.3 is 6.01 Å². The molecule has 0 bridgehead atoms. The number of aromatic nitrogens is 2. The largest absolute Gasteiger partial charge is 0.467 e. The quantitative estimate of drug-likeness (QED) is 0.755. The van der Waals surface area contributed by atoms with E-state index < -0.39 is 0 Å². The molecule has 2 aliphatic rings. The Balaban J connectivity index is 1.59. The SMILES string of the molecule is COc1nc(N2CCCC(O)C2)cc(N2CCC(c3c(Cl)sc(N)c3C#N)C2)n1. The zero-order valence-electron chi connectivity index (χ0n) is 16.1. The van der Waals surface area contributed by atoms with Gasteiger partial charge in [0.2, 0.25) is 0 Å². The summed E-state index contributed by atoms with van der Waals surface area (Å²) >= 11 is 7.64. The molecule has 154 valence electrons. The first-order valence-electron chi connectivity index (χ1n) is 9.59. The number of methoxy groups -OCH3 is 1. The molecule has 2 aliphatic heterocycles. The van der Waals surface area contributed by atoms with Crippen molar-refractivity contribution in [2.24, 2.45) is 0 Å². The number of piperidine rings is 1. The van der Waals surface area contributed by atoms with Crippen molar-refractivity contribution < 1.29 is 9.84 Å². The second kappa shape index (κ2) is 8.22. The number of nitrogens with zero attached hydrogens (tertiary/aromatic N) is 5. The molecule has 2 aromatic rings. The molecule has 8 nitrogen and oxygen atoms in total. The van der Waals surface area contributed by atoms with Crippen LogP contribution in [-0.4, -0.2) is 54.5 Å². The van der Waals surface area contributed by atoms with Crippen LogP contribution < -0.4 is 20.3 Å². The van der Waals surface area contributed by atoms with E-state index in [2.05, 4.69) is 25.8 Å². The number of anilines is 3. The van der Waals surface area contributed by atoms with Crippen molar-refractivity contribution in [1.82, 2.24) is 9.97 Å². The highest BCUT2D eigenvalue weighted by atomic mass is 35.5. The predicted octanol–water partition coefficient (Wildman–Crippen LogP) is 2.61. The molecule has 2 unspecified atom stereocenters. The van der Waals surface area contributed by atoms with Crippen LogP contribution >= 0.6 is 22.9 Å². The van der Waals surface area contributed by atoms with Gasteiger partial charge in [-0.05, 0) is 19.3 Å². The van der Waals surface area contributed by atoms with Crippen LogP contribution in [0.2, 0.25) is 4.34 Å². The van der Waals surface area contributed by atoms with Crippen LogP contribution in [-0.2, 0) is 0 Å². The van der Waals surface area contributed by atoms with Crippen LogP contribution in [0, 0.1) is 11.3 Å². The third-order valence-electron chi connectivity index (χ3n) is 5.54. The van der Waals surface area contributed by atoms with Gasteiger partial charge in [-0.25, -0.2) is 0 Å². The summed E-state index contributed by atoms with van der Waals surface area (Å²) in [5.41, 5.74) is 7.29. The molecule has 4 rings (SSSR count). The standard InChI is InChI=1S/C19H23ClN6O2S/c1-28-19-23-14(25-5-2-3-12(27)10-25)7-15(24-19)26-6-4-11(9-26)16-13(8-21)18(22)29-17(16)20/h7,11-12,27H,2-6,9-10,22H2,1H3. The predicted molar refractivity (Wildman–Crippen MR) is 114 cm³/mol. The summed E-state index contributed by atoms with van der Waals surface area (Å²) in [7, 11) is 1.55. The molecule has 10 heteroatoms. The van der Waals surface area contributed by atoms with Crippen LogP contribution in [0.15, 0.2) is 6.07 Å². The zero-order chi connectivity index (χ0) is 20.5. The molecule has 0 spiro atoms. The molecular formula is C19H23ClN6O2S. The summed E-state index contributed by atoms with van der Waals surface area (Å²) < 4.78 is 5.92. The highest BCUT2D eigenvalue weighted by Gasteiger charge is 2.31. The number of ether oxygens (including phenoxy) is 1. The second-order valence-electron chi connectivity index (χ2n) is 7.39. The van der Waals surface area contributed by atoms with E-state index in [-0.39, 0.29) is 12.0 Å². The van der Waals surface area contributed by atoms with Crippen molar-refractivity contribution >= 4 is 39.6 Å². The lowest BCUT2D eigenvalue weighted by molar-refractivity contribution is 0.153. The molecule has 4 heterocycles. The maximum Gasteiger partial charge on any atom is 0.320 e. The Kier molecular flexibility index (Phi) is 5.67. The molecule has 2 aromatic heterocycles. The average Bonchev–Trinajstić information content (AvgIpc) is 3.31. The summed E-state index contributed by atoms with van der Waals surface area (Å²) in [6.07, 6.45) is 2.24. The summed E-state index contributed by atoms with van der Waals surface area (Å²) in [5, 5.41) is 20.0. The Bertz CT molecular complexity index is 946. The van der Waals surface area contributed by atoms with Gasteiger partial charge < -0.3 is 25.4 Å². The average molecular weight is 435 g/mol. The van der Waals surface area contributed by atoms with Crippen molar-refractivity contribution in [2.45, 2.75) is 31.3 Å². The van der Waals surface area contributed by atoms with Gasteiger partial charge in [0.1, 0.15) is 22.7 Å². The van der Waals surface area contributed by atoms with Gasteiger partial charge in [0, 0.05) is 43.7 Å². The number of thiophene rings is 1. The lowest BCUT2D eigenvalue weighted by Crippen LogP contribution is -2.39. The lowest BCUT2D eigenvalue weighted by atomic mass is 9.97. The van der Waals surface area contributed by atoms with Gasteiger partial charge in [0.25, 0.3) is 0 Å². The fourth-order valence-electron chi connectivity index (χ4n) is 4.10. The third-order valence-corrected chi connectivity index (χ3v) is 6.80. The highest BCUT2D eigenvalue weighted by Crippen LogP contribution is 2.43. The van der Waals surface area contributed by atoms with Crippen LogP contribution in [0.25, 0.3) is 0 Å². The number of rotatable bonds is 4. The van der Waals surface area contributed by atoms with Crippen LogP contribution in [0.5, 0.6) is 6.01 Å². The number of aliphatic hydroxyl groups excluding tert-OH is 1. The molecule has 2 atom stereocenters. The van der Waals surface area contributed by atoms with Crippen molar-refractivity contribution in [2.75, 3.05) is 48.8 Å². The first kappa shape index (κ1) is 20.0. The van der Waals surface area contributed by atoms with Crippen molar-refractivity contribution in [3.05, 3.63) is 21.5 Å². The number of hydrogen-bond donors (Lipinski definition) is 2. The number of hydrogen-bond acceptors (Lipinski definition) is 9.